The molecular formula is C17H30N4OS. The highest BCUT2D eigenvalue weighted by molar-refractivity contribution is 7.09. The van der Waals surface area contributed by atoms with E-state index in [1.807, 2.05) is 0 Å². The Kier molecular flexibility index (Phi) is 7.30. The van der Waals surface area contributed by atoms with E-state index in [1.54, 1.807) is 18.4 Å². The van der Waals surface area contributed by atoms with E-state index in [9.17, 15) is 0 Å². The van der Waals surface area contributed by atoms with E-state index in [2.05, 4.69) is 41.4 Å². The fourth-order valence-electron chi connectivity index (χ4n) is 2.80. The molecule has 0 amide bonds. The number of nitrogens with zero attached hydrogens (tertiary/aromatic N) is 3. The molecule has 5 nitrogen and oxygen atoms in total. The number of thiazole rings is 1. The van der Waals surface area contributed by atoms with Crippen LogP contribution in [0.1, 0.15) is 43.8 Å². The van der Waals surface area contributed by atoms with Gasteiger partial charge < -0.3 is 15.0 Å². The number of likely N-dealkylation sites (tertiary alicyclic amines) is 1. The minimum Gasteiger partial charge on any atom is -0.384 e. The molecule has 2 rings (SSSR count). The molecule has 1 aliphatic rings. The molecule has 1 atom stereocenters. The second-order valence-corrected chi connectivity index (χ2v) is 7.26. The van der Waals surface area contributed by atoms with Crippen LogP contribution in [-0.2, 0) is 11.2 Å². The number of hydrogen-bond donors (Lipinski definition) is 1. The highest BCUT2D eigenvalue weighted by atomic mass is 32.1. The lowest BCUT2D eigenvalue weighted by molar-refractivity contribution is 0.157. The molecule has 1 aliphatic heterocycles. The van der Waals surface area contributed by atoms with Crippen molar-refractivity contribution in [2.45, 2.75) is 39.5 Å². The van der Waals surface area contributed by atoms with Crippen LogP contribution < -0.4 is 5.32 Å². The number of aromatic nitrogens is 1. The van der Waals surface area contributed by atoms with E-state index in [0.717, 1.165) is 50.9 Å². The normalized spacial score (nSPS) is 18.9. The zero-order chi connectivity index (χ0) is 16.7. The van der Waals surface area contributed by atoms with Crippen LogP contribution in [-0.4, -0.2) is 55.7 Å². The maximum atomic E-state index is 5.28. The van der Waals surface area contributed by atoms with Gasteiger partial charge in [0.1, 0.15) is 0 Å². The van der Waals surface area contributed by atoms with Gasteiger partial charge in [0.05, 0.1) is 17.3 Å². The molecular weight excluding hydrogens is 308 g/mol. The summed E-state index contributed by atoms with van der Waals surface area (Å²) in [6.07, 6.45) is 2.09. The van der Waals surface area contributed by atoms with E-state index in [-0.39, 0.29) is 0 Å². The van der Waals surface area contributed by atoms with Crippen molar-refractivity contribution < 1.29 is 4.74 Å². The van der Waals surface area contributed by atoms with Gasteiger partial charge >= 0.3 is 0 Å². The van der Waals surface area contributed by atoms with Gasteiger partial charge in [0.15, 0.2) is 5.96 Å². The summed E-state index contributed by atoms with van der Waals surface area (Å²) in [6, 6.07) is 0. The lowest BCUT2D eigenvalue weighted by Crippen LogP contribution is -2.40. The summed E-state index contributed by atoms with van der Waals surface area (Å²) in [4.78, 5) is 11.8. The van der Waals surface area contributed by atoms with Crippen molar-refractivity contribution in [3.05, 3.63) is 16.1 Å². The lowest BCUT2D eigenvalue weighted by atomic mass is 10.1. The summed E-state index contributed by atoms with van der Waals surface area (Å²) >= 11 is 1.76. The molecule has 0 saturated carbocycles. The summed E-state index contributed by atoms with van der Waals surface area (Å²) in [7, 11) is 1.78. The van der Waals surface area contributed by atoms with E-state index in [0.29, 0.717) is 11.8 Å². The molecule has 23 heavy (non-hydrogen) atoms. The second-order valence-electron chi connectivity index (χ2n) is 6.37. The topological polar surface area (TPSA) is 49.8 Å². The molecule has 6 heteroatoms. The smallest absolute Gasteiger partial charge is 0.193 e. The summed E-state index contributed by atoms with van der Waals surface area (Å²) in [5, 5.41) is 6.80. The Labute approximate surface area is 144 Å². The van der Waals surface area contributed by atoms with Crippen LogP contribution in [0.2, 0.25) is 0 Å². The lowest BCUT2D eigenvalue weighted by Gasteiger charge is -2.21. The van der Waals surface area contributed by atoms with E-state index < -0.39 is 0 Å². The van der Waals surface area contributed by atoms with Crippen LogP contribution in [0.3, 0.4) is 0 Å². The predicted molar refractivity (Wildman–Crippen MR) is 97.4 cm³/mol. The maximum absolute atomic E-state index is 5.28. The molecule has 2 heterocycles. The third-order valence-corrected chi connectivity index (χ3v) is 5.21. The first-order valence-electron chi connectivity index (χ1n) is 8.60. The summed E-state index contributed by atoms with van der Waals surface area (Å²) in [5.41, 5.74) is 1.16. The molecule has 0 aliphatic carbocycles. The fourth-order valence-corrected chi connectivity index (χ4v) is 3.67. The van der Waals surface area contributed by atoms with Crippen LogP contribution in [0.25, 0.3) is 0 Å². The molecule has 0 radical (unpaired) electrons. The number of aliphatic imine (C=N–C) groups is 1. The number of nitrogens with one attached hydrogen (secondary N) is 1. The first kappa shape index (κ1) is 18.2. The molecule has 0 spiro atoms. The number of methoxy groups -OCH3 is 1. The first-order valence-corrected chi connectivity index (χ1v) is 9.48. The first-order chi connectivity index (χ1) is 11.1. The highest BCUT2D eigenvalue weighted by Gasteiger charge is 2.24. The minimum atomic E-state index is 0.511. The maximum Gasteiger partial charge on any atom is 0.193 e. The van der Waals surface area contributed by atoms with Gasteiger partial charge in [-0.25, -0.2) is 4.98 Å². The van der Waals surface area contributed by atoms with Crippen LogP contribution in [0.4, 0.5) is 0 Å². The predicted octanol–water partition coefficient (Wildman–Crippen LogP) is 2.74. The SMILES string of the molecule is CCNC(=NCCc1csc(C(C)C)n1)N1CCC(COC)C1. The van der Waals surface area contributed by atoms with Gasteiger partial charge in [0.25, 0.3) is 0 Å². The van der Waals surface area contributed by atoms with Gasteiger partial charge in [0.2, 0.25) is 0 Å². The Morgan fingerprint density at radius 3 is 3.04 bits per heavy atom. The Hall–Kier alpha value is -1.14. The van der Waals surface area contributed by atoms with Crippen molar-refractivity contribution in [2.24, 2.45) is 10.9 Å². The summed E-state index contributed by atoms with van der Waals surface area (Å²) < 4.78 is 5.28. The number of guanidine groups is 1. The zero-order valence-corrected chi connectivity index (χ0v) is 15.7. The van der Waals surface area contributed by atoms with Crippen molar-refractivity contribution in [1.29, 1.82) is 0 Å². The van der Waals surface area contributed by atoms with Crippen LogP contribution >= 0.6 is 11.3 Å². The van der Waals surface area contributed by atoms with Crippen molar-refractivity contribution in [2.75, 3.05) is 39.9 Å². The van der Waals surface area contributed by atoms with Crippen molar-refractivity contribution >= 4 is 17.3 Å². The van der Waals surface area contributed by atoms with Crippen molar-refractivity contribution in [3.63, 3.8) is 0 Å². The van der Waals surface area contributed by atoms with Crippen molar-refractivity contribution in [1.82, 2.24) is 15.2 Å². The number of ether oxygens (including phenoxy) is 1. The fraction of sp³-hybridized carbons (Fsp3) is 0.765. The highest BCUT2D eigenvalue weighted by Crippen LogP contribution is 2.19. The Morgan fingerprint density at radius 1 is 1.57 bits per heavy atom. The van der Waals surface area contributed by atoms with Crippen molar-refractivity contribution in [3.8, 4) is 0 Å². The third-order valence-electron chi connectivity index (χ3n) is 4.02. The largest absolute Gasteiger partial charge is 0.384 e. The van der Waals surface area contributed by atoms with E-state index >= 15 is 0 Å². The molecule has 1 N–H and O–H groups in total. The van der Waals surface area contributed by atoms with Gasteiger partial charge in [-0.2, -0.15) is 0 Å². The number of hydrogen-bond acceptors (Lipinski definition) is 4. The second kappa shape index (κ2) is 9.23. The molecule has 1 saturated heterocycles. The van der Waals surface area contributed by atoms with Crippen LogP contribution in [0.5, 0.6) is 0 Å². The molecule has 0 aromatic carbocycles. The molecule has 1 fully saturated rings. The Bertz CT molecular complexity index is 501. The molecule has 130 valence electrons. The molecule has 1 aromatic rings. The number of rotatable bonds is 7. The van der Waals surface area contributed by atoms with Gasteiger partial charge in [-0.3, -0.25) is 4.99 Å². The van der Waals surface area contributed by atoms with Crippen LogP contribution in [0.15, 0.2) is 10.4 Å². The zero-order valence-electron chi connectivity index (χ0n) is 14.8. The van der Waals surface area contributed by atoms with Gasteiger partial charge in [0, 0.05) is 56.9 Å². The standard InChI is InChI=1S/C17H30N4OS/c1-5-18-17(21-9-7-14(10-21)11-22-4)19-8-6-15-12-23-16(20-15)13(2)3/h12-14H,5-11H2,1-4H3,(H,18,19). The Balaban J connectivity index is 1.88. The van der Waals surface area contributed by atoms with Gasteiger partial charge in [-0.05, 0) is 13.3 Å². The quantitative estimate of drug-likeness (QED) is 0.613. The average molecular weight is 339 g/mol. The van der Waals surface area contributed by atoms with E-state index in [1.165, 1.54) is 11.4 Å². The molecule has 1 aromatic heterocycles. The van der Waals surface area contributed by atoms with Crippen LogP contribution in [0, 0.1) is 5.92 Å². The summed E-state index contributed by atoms with van der Waals surface area (Å²) in [6.45, 7) is 11.1. The molecule has 0 bridgehead atoms. The minimum absolute atomic E-state index is 0.511. The molecule has 1 unspecified atom stereocenters. The monoisotopic (exact) mass is 338 g/mol. The Morgan fingerprint density at radius 2 is 2.39 bits per heavy atom. The van der Waals surface area contributed by atoms with E-state index in [4.69, 9.17) is 9.73 Å². The van der Waals surface area contributed by atoms with Gasteiger partial charge in [-0.15, -0.1) is 11.3 Å². The average Bonchev–Trinajstić information content (AvgIpc) is 3.16. The van der Waals surface area contributed by atoms with Gasteiger partial charge in [-0.1, -0.05) is 13.8 Å². The summed E-state index contributed by atoms with van der Waals surface area (Å²) in [5.74, 6) is 2.17. The third kappa shape index (κ3) is 5.46.